The van der Waals surface area contributed by atoms with Crippen molar-refractivity contribution in [2.75, 3.05) is 0 Å². The first kappa shape index (κ1) is 18.5. The van der Waals surface area contributed by atoms with E-state index >= 15 is 0 Å². The van der Waals surface area contributed by atoms with Gasteiger partial charge in [0.05, 0.1) is 0 Å². The SMILES string of the molecule is [Br][Pt+2][Br].[NH-]c1cccc(F)c1.[NH-]c1cccc(F)c1. The van der Waals surface area contributed by atoms with Gasteiger partial charge in [-0.2, -0.15) is 0 Å². The van der Waals surface area contributed by atoms with Crippen LogP contribution in [0.3, 0.4) is 0 Å². The Morgan fingerprint density at radius 3 is 1.26 bits per heavy atom. The van der Waals surface area contributed by atoms with Crippen LogP contribution in [0.1, 0.15) is 0 Å². The summed E-state index contributed by atoms with van der Waals surface area (Å²) in [6.45, 7) is 0. The Hall–Kier alpha value is -0.452. The summed E-state index contributed by atoms with van der Waals surface area (Å²) >= 11 is 6.56. The van der Waals surface area contributed by atoms with Crippen LogP contribution in [0, 0.1) is 11.6 Å². The molecule has 0 aliphatic heterocycles. The van der Waals surface area contributed by atoms with Crippen molar-refractivity contribution in [1.82, 2.24) is 0 Å². The summed E-state index contributed by atoms with van der Waals surface area (Å²) in [6, 6.07) is 11.1. The van der Waals surface area contributed by atoms with Crippen LogP contribution in [0.15, 0.2) is 48.5 Å². The zero-order chi connectivity index (χ0) is 14.7. The molecule has 2 aromatic carbocycles. The molecule has 0 amide bonds. The van der Waals surface area contributed by atoms with Gasteiger partial charge in [0.25, 0.3) is 0 Å². The molecule has 0 spiro atoms. The predicted molar refractivity (Wildman–Crippen MR) is 78.6 cm³/mol. The second-order valence-electron chi connectivity index (χ2n) is 3.07. The molecule has 0 bridgehead atoms. The van der Waals surface area contributed by atoms with E-state index in [-0.39, 0.29) is 37.5 Å². The maximum Gasteiger partial charge on any atom is 0.121 e. The molecule has 0 aliphatic carbocycles. The molecule has 0 saturated heterocycles. The second kappa shape index (κ2) is 11.4. The van der Waals surface area contributed by atoms with Crippen molar-refractivity contribution in [3.63, 3.8) is 0 Å². The maximum atomic E-state index is 12.0. The van der Waals surface area contributed by atoms with Crippen molar-refractivity contribution in [1.29, 1.82) is 0 Å². The number of nitrogens with one attached hydrogen (secondary N) is 2. The topological polar surface area (TPSA) is 47.6 Å². The molecule has 0 unspecified atom stereocenters. The van der Waals surface area contributed by atoms with Gasteiger partial charge in [-0.3, -0.25) is 0 Å². The van der Waals surface area contributed by atoms with Gasteiger partial charge in [0.15, 0.2) is 0 Å². The zero-order valence-electron chi connectivity index (χ0n) is 9.45. The van der Waals surface area contributed by atoms with E-state index < -0.39 is 0 Å². The van der Waals surface area contributed by atoms with Crippen molar-refractivity contribution < 1.29 is 23.2 Å². The first-order chi connectivity index (χ1) is 8.99. The number of rotatable bonds is 0. The fourth-order valence-electron chi connectivity index (χ4n) is 0.977. The van der Waals surface area contributed by atoms with Gasteiger partial charge in [0.2, 0.25) is 0 Å². The summed E-state index contributed by atoms with van der Waals surface area (Å²) in [5, 5.41) is 0. The molecule has 7 heteroatoms. The summed E-state index contributed by atoms with van der Waals surface area (Å²) in [5.74, 6) is -0.699. The molecule has 2 N–H and O–H groups in total. The average molecular weight is 575 g/mol. The molecule has 0 heterocycles. The Balaban J connectivity index is 0.000000284. The monoisotopic (exact) mass is 573 g/mol. The van der Waals surface area contributed by atoms with Gasteiger partial charge in [-0.25, -0.2) is 8.78 Å². The van der Waals surface area contributed by atoms with Crippen molar-refractivity contribution in [3.05, 3.63) is 71.6 Å². The molecule has 0 fully saturated rings. The number of hydrogen-bond donors (Lipinski definition) is 0. The fraction of sp³-hybridized carbons (Fsp3) is 0. The third kappa shape index (κ3) is 11.1. The molecule has 106 valence electrons. The van der Waals surface area contributed by atoms with Crippen molar-refractivity contribution >= 4 is 38.0 Å². The van der Waals surface area contributed by atoms with Crippen LogP contribution >= 0.6 is 26.6 Å². The number of halogens is 4. The number of hydrogen-bond acceptors (Lipinski definition) is 0. The Kier molecular flexibility index (Phi) is 11.1. The molecule has 0 aromatic heterocycles. The van der Waals surface area contributed by atoms with E-state index in [1.165, 1.54) is 48.5 Å². The summed E-state index contributed by atoms with van der Waals surface area (Å²) in [7, 11) is 0. The third-order valence-corrected chi connectivity index (χ3v) is 1.65. The zero-order valence-corrected chi connectivity index (χ0v) is 14.9. The molecule has 0 aliphatic rings. The Morgan fingerprint density at radius 1 is 0.789 bits per heavy atom. The predicted octanol–water partition coefficient (Wildman–Crippen LogP) is 6.71. The minimum absolute atomic E-state index is 0.208. The minimum Gasteiger partial charge on any atom is -0.699 e. The molecule has 2 nitrogen and oxygen atoms in total. The van der Waals surface area contributed by atoms with Crippen molar-refractivity contribution in [2.24, 2.45) is 0 Å². The number of benzene rings is 2. The van der Waals surface area contributed by atoms with Crippen LogP contribution in [0.2, 0.25) is 0 Å². The van der Waals surface area contributed by atoms with E-state index in [1.807, 2.05) is 0 Å². The third-order valence-electron chi connectivity index (χ3n) is 1.65. The first-order valence-corrected chi connectivity index (χ1v) is 14.7. The van der Waals surface area contributed by atoms with Crippen LogP contribution in [0.4, 0.5) is 20.2 Å². The standard InChI is InChI=1S/2C6H5FN.2BrH.Pt/c2*7-5-2-1-3-6(8)4-5;;;/h2*1-4,8H;2*1H;/q2*-1;;;+4/p-2. The first-order valence-electron chi connectivity index (χ1n) is 4.76. The molecule has 0 radical (unpaired) electrons. The van der Waals surface area contributed by atoms with E-state index in [9.17, 15) is 8.78 Å². The molecule has 2 aromatic rings. The van der Waals surface area contributed by atoms with Gasteiger partial charge < -0.3 is 11.5 Å². The van der Waals surface area contributed by atoms with Gasteiger partial charge in [-0.05, 0) is 24.3 Å². The normalized spacial score (nSPS) is 8.84. The van der Waals surface area contributed by atoms with Crippen LogP contribution in [-0.2, 0) is 14.5 Å². The van der Waals surface area contributed by atoms with Gasteiger partial charge in [0, 0.05) is 0 Å². The van der Waals surface area contributed by atoms with Gasteiger partial charge in [-0.1, -0.05) is 24.3 Å². The van der Waals surface area contributed by atoms with E-state index in [0.29, 0.717) is 0 Å². The maximum absolute atomic E-state index is 12.0. The Morgan fingerprint density at radius 2 is 1.11 bits per heavy atom. The van der Waals surface area contributed by atoms with Crippen LogP contribution in [0.25, 0.3) is 11.5 Å². The van der Waals surface area contributed by atoms with E-state index in [0.717, 1.165) is 0 Å². The summed E-state index contributed by atoms with van der Waals surface area (Å²) in [6.07, 6.45) is 0. The van der Waals surface area contributed by atoms with Crippen molar-refractivity contribution in [3.8, 4) is 0 Å². The van der Waals surface area contributed by atoms with E-state index in [1.54, 1.807) is 0 Å². The molecule has 19 heavy (non-hydrogen) atoms. The Bertz CT molecular complexity index is 409. The summed E-state index contributed by atoms with van der Waals surface area (Å²) < 4.78 is 24.1. The smallest absolute Gasteiger partial charge is 0.121 e. The quantitative estimate of drug-likeness (QED) is 0.336. The summed E-state index contributed by atoms with van der Waals surface area (Å²) in [4.78, 5) is 0. The largest absolute Gasteiger partial charge is 0.699 e. The van der Waals surface area contributed by atoms with E-state index in [4.69, 9.17) is 11.5 Å². The molecule has 0 atom stereocenters. The van der Waals surface area contributed by atoms with Crippen LogP contribution in [-0.4, -0.2) is 0 Å². The van der Waals surface area contributed by atoms with Crippen LogP contribution < -0.4 is 0 Å². The van der Waals surface area contributed by atoms with Crippen molar-refractivity contribution in [2.45, 2.75) is 0 Å². The van der Waals surface area contributed by atoms with Gasteiger partial charge in [-0.15, -0.1) is 11.4 Å². The molecule has 2 rings (SSSR count). The molecule has 0 saturated carbocycles. The average Bonchev–Trinajstić information content (AvgIpc) is 2.30. The van der Waals surface area contributed by atoms with Gasteiger partial charge in [0.1, 0.15) is 11.6 Å². The van der Waals surface area contributed by atoms with Crippen LogP contribution in [0.5, 0.6) is 0 Å². The summed E-state index contributed by atoms with van der Waals surface area (Å²) in [5.41, 5.74) is 14.2. The van der Waals surface area contributed by atoms with E-state index in [2.05, 4.69) is 26.6 Å². The molecular weight excluding hydrogens is 565 g/mol. The molecular formula is C12H10Br2F2N2Pt. The fourth-order valence-corrected chi connectivity index (χ4v) is 0.977. The minimum atomic E-state index is -0.350. The Labute approximate surface area is 132 Å². The van der Waals surface area contributed by atoms with Gasteiger partial charge >= 0.3 is 41.0 Å². The second-order valence-corrected chi connectivity index (χ2v) is 13.0.